The summed E-state index contributed by atoms with van der Waals surface area (Å²) in [6.07, 6.45) is 0.468. The highest BCUT2D eigenvalue weighted by Crippen LogP contribution is 2.40. The lowest BCUT2D eigenvalue weighted by atomic mass is 10.1. The maximum atomic E-state index is 12.3. The van der Waals surface area contributed by atoms with Crippen LogP contribution >= 0.6 is 23.2 Å². The molecule has 2 aromatic rings. The third-order valence-corrected chi connectivity index (χ3v) is 4.74. The van der Waals surface area contributed by atoms with Crippen molar-refractivity contribution in [3.05, 3.63) is 58.1 Å². The second kappa shape index (κ2) is 7.48. The smallest absolute Gasteiger partial charge is 0.228 e. The molecular weight excluding hydrogens is 375 g/mol. The number of anilines is 2. The van der Waals surface area contributed by atoms with Gasteiger partial charge in [0.15, 0.2) is 5.78 Å². The Labute approximate surface area is 160 Å². The molecule has 1 aliphatic carbocycles. The number of amides is 2. The van der Waals surface area contributed by atoms with Crippen LogP contribution in [-0.2, 0) is 9.59 Å². The van der Waals surface area contributed by atoms with Crippen molar-refractivity contribution >= 4 is 52.2 Å². The molecule has 0 aliphatic heterocycles. The first-order chi connectivity index (χ1) is 12.3. The molecule has 1 fully saturated rings. The number of rotatable bonds is 5. The van der Waals surface area contributed by atoms with Gasteiger partial charge in [-0.1, -0.05) is 35.3 Å². The minimum atomic E-state index is -0.405. The Kier molecular flexibility index (Phi) is 5.30. The van der Waals surface area contributed by atoms with E-state index in [1.165, 1.54) is 13.0 Å². The normalized spacial score (nSPS) is 18.1. The van der Waals surface area contributed by atoms with Crippen molar-refractivity contribution in [2.24, 2.45) is 11.8 Å². The first kappa shape index (κ1) is 18.4. The molecule has 0 heterocycles. The number of hydrogen-bond donors (Lipinski definition) is 2. The highest BCUT2D eigenvalue weighted by Gasteiger charge is 2.48. The molecule has 0 aromatic heterocycles. The van der Waals surface area contributed by atoms with Gasteiger partial charge in [0.2, 0.25) is 11.8 Å². The van der Waals surface area contributed by atoms with Gasteiger partial charge >= 0.3 is 0 Å². The van der Waals surface area contributed by atoms with Crippen molar-refractivity contribution in [1.29, 1.82) is 0 Å². The fraction of sp³-hybridized carbons (Fsp3) is 0.211. The molecule has 2 amide bonds. The van der Waals surface area contributed by atoms with E-state index in [1.807, 2.05) is 0 Å². The van der Waals surface area contributed by atoms with Crippen molar-refractivity contribution in [2.45, 2.75) is 13.3 Å². The first-order valence-corrected chi connectivity index (χ1v) is 8.78. The Balaban J connectivity index is 1.59. The zero-order chi connectivity index (χ0) is 18.8. The second-order valence-corrected chi connectivity index (χ2v) is 7.03. The molecule has 0 bridgehead atoms. The van der Waals surface area contributed by atoms with Crippen LogP contribution in [0.5, 0.6) is 0 Å². The van der Waals surface area contributed by atoms with Gasteiger partial charge in [-0.15, -0.1) is 0 Å². The first-order valence-electron chi connectivity index (χ1n) is 8.03. The van der Waals surface area contributed by atoms with Gasteiger partial charge in [0, 0.05) is 16.3 Å². The number of hydrogen-bond acceptors (Lipinski definition) is 3. The van der Waals surface area contributed by atoms with Gasteiger partial charge in [0.25, 0.3) is 0 Å². The maximum absolute atomic E-state index is 12.3. The van der Waals surface area contributed by atoms with E-state index < -0.39 is 11.8 Å². The number of ketones is 1. The summed E-state index contributed by atoms with van der Waals surface area (Å²) in [4.78, 5) is 36.0. The largest absolute Gasteiger partial charge is 0.326 e. The topological polar surface area (TPSA) is 75.3 Å². The lowest BCUT2D eigenvalue weighted by Gasteiger charge is -2.08. The molecule has 2 N–H and O–H groups in total. The average Bonchev–Trinajstić information content (AvgIpc) is 3.38. The van der Waals surface area contributed by atoms with Gasteiger partial charge in [0.1, 0.15) is 0 Å². The lowest BCUT2D eigenvalue weighted by molar-refractivity contribution is -0.122. The molecule has 26 heavy (non-hydrogen) atoms. The summed E-state index contributed by atoms with van der Waals surface area (Å²) in [5.41, 5.74) is 1.51. The summed E-state index contributed by atoms with van der Waals surface area (Å²) >= 11 is 11.9. The molecule has 3 rings (SSSR count). The Hall–Kier alpha value is -2.37. The lowest BCUT2D eigenvalue weighted by Crippen LogP contribution is -2.20. The third-order valence-electron chi connectivity index (χ3n) is 4.19. The van der Waals surface area contributed by atoms with Crippen LogP contribution in [0, 0.1) is 11.8 Å². The molecular formula is C19H16Cl2N2O3. The number of carbonyl (C=O) groups is 3. The minimum Gasteiger partial charge on any atom is -0.326 e. The fourth-order valence-corrected chi connectivity index (χ4v) is 3.10. The number of benzene rings is 2. The molecule has 2 atom stereocenters. The Morgan fingerprint density at radius 1 is 0.962 bits per heavy atom. The zero-order valence-electron chi connectivity index (χ0n) is 13.9. The molecule has 134 valence electrons. The highest BCUT2D eigenvalue weighted by atomic mass is 35.5. The second-order valence-electron chi connectivity index (χ2n) is 6.19. The van der Waals surface area contributed by atoms with Gasteiger partial charge < -0.3 is 10.6 Å². The number of nitrogens with one attached hydrogen (secondary N) is 2. The summed E-state index contributed by atoms with van der Waals surface area (Å²) in [5.74, 6) is -1.38. The standard InChI is InChI=1S/C19H16Cl2N2O3/c1-10(24)11-3-2-4-13(7-11)22-18(25)14-9-15(14)19(26)23-17-6-5-12(20)8-16(17)21/h2-8,14-15H,9H2,1H3,(H,22,25)(H,23,26). The SMILES string of the molecule is CC(=O)c1cccc(NC(=O)C2CC2C(=O)Nc2ccc(Cl)cc2Cl)c1. The zero-order valence-corrected chi connectivity index (χ0v) is 15.4. The number of Topliss-reactive ketones (excluding diaryl/α,β-unsaturated/α-hetero) is 1. The summed E-state index contributed by atoms with van der Waals surface area (Å²) in [5, 5.41) is 6.29. The van der Waals surface area contributed by atoms with Crippen LogP contribution < -0.4 is 10.6 Å². The van der Waals surface area contributed by atoms with Crippen LogP contribution in [0.1, 0.15) is 23.7 Å². The van der Waals surface area contributed by atoms with Crippen LogP contribution in [-0.4, -0.2) is 17.6 Å². The minimum absolute atomic E-state index is 0.0791. The highest BCUT2D eigenvalue weighted by molar-refractivity contribution is 6.36. The van der Waals surface area contributed by atoms with Crippen LogP contribution in [0.4, 0.5) is 11.4 Å². The Morgan fingerprint density at radius 3 is 2.31 bits per heavy atom. The Morgan fingerprint density at radius 2 is 1.65 bits per heavy atom. The summed E-state index contributed by atoms with van der Waals surface area (Å²) in [6, 6.07) is 11.5. The van der Waals surface area contributed by atoms with Gasteiger partial charge in [-0.2, -0.15) is 0 Å². The van der Waals surface area contributed by atoms with Gasteiger partial charge in [-0.05, 0) is 43.7 Å². The van der Waals surface area contributed by atoms with Gasteiger partial charge in [-0.25, -0.2) is 0 Å². The van der Waals surface area contributed by atoms with E-state index in [0.29, 0.717) is 33.4 Å². The molecule has 0 spiro atoms. The van der Waals surface area contributed by atoms with Crippen molar-refractivity contribution in [2.75, 3.05) is 10.6 Å². The molecule has 0 saturated heterocycles. The van der Waals surface area contributed by atoms with E-state index in [4.69, 9.17) is 23.2 Å². The van der Waals surface area contributed by atoms with E-state index in [1.54, 1.807) is 36.4 Å². The maximum Gasteiger partial charge on any atom is 0.228 e. The van der Waals surface area contributed by atoms with E-state index in [-0.39, 0.29) is 17.6 Å². The van der Waals surface area contributed by atoms with Gasteiger partial charge in [-0.3, -0.25) is 14.4 Å². The summed E-state index contributed by atoms with van der Waals surface area (Å²) < 4.78 is 0. The van der Waals surface area contributed by atoms with E-state index in [0.717, 1.165) is 0 Å². The van der Waals surface area contributed by atoms with E-state index in [2.05, 4.69) is 10.6 Å². The van der Waals surface area contributed by atoms with Crippen molar-refractivity contribution in [3.63, 3.8) is 0 Å². The van der Waals surface area contributed by atoms with Crippen molar-refractivity contribution < 1.29 is 14.4 Å². The Bertz CT molecular complexity index is 898. The third kappa shape index (κ3) is 4.23. The fourth-order valence-electron chi connectivity index (χ4n) is 2.64. The predicted molar refractivity (Wildman–Crippen MR) is 102 cm³/mol. The summed E-state index contributed by atoms with van der Waals surface area (Å²) in [6.45, 7) is 1.46. The molecule has 1 aliphatic rings. The predicted octanol–water partition coefficient (Wildman–Crippen LogP) is 4.41. The van der Waals surface area contributed by atoms with E-state index in [9.17, 15) is 14.4 Å². The molecule has 2 aromatic carbocycles. The quantitative estimate of drug-likeness (QED) is 0.742. The van der Waals surface area contributed by atoms with Crippen molar-refractivity contribution in [1.82, 2.24) is 0 Å². The molecule has 7 heteroatoms. The van der Waals surface area contributed by atoms with Gasteiger partial charge in [0.05, 0.1) is 22.5 Å². The van der Waals surface area contributed by atoms with Crippen LogP contribution in [0.3, 0.4) is 0 Å². The molecule has 0 radical (unpaired) electrons. The van der Waals surface area contributed by atoms with Crippen LogP contribution in [0.15, 0.2) is 42.5 Å². The average molecular weight is 391 g/mol. The molecule has 1 saturated carbocycles. The monoisotopic (exact) mass is 390 g/mol. The number of halogens is 2. The summed E-state index contributed by atoms with van der Waals surface area (Å²) in [7, 11) is 0. The van der Waals surface area contributed by atoms with Crippen molar-refractivity contribution in [3.8, 4) is 0 Å². The number of carbonyl (C=O) groups excluding carboxylic acids is 3. The van der Waals surface area contributed by atoms with Crippen LogP contribution in [0.2, 0.25) is 10.0 Å². The van der Waals surface area contributed by atoms with E-state index >= 15 is 0 Å². The molecule has 2 unspecified atom stereocenters. The van der Waals surface area contributed by atoms with Crippen LogP contribution in [0.25, 0.3) is 0 Å². The molecule has 5 nitrogen and oxygen atoms in total.